The number of benzene rings is 2. The summed E-state index contributed by atoms with van der Waals surface area (Å²) < 4.78 is 1.71. The third-order valence-electron chi connectivity index (χ3n) is 4.64. The fourth-order valence-corrected chi connectivity index (χ4v) is 3.01. The van der Waals surface area contributed by atoms with Crippen molar-refractivity contribution < 1.29 is 9.90 Å². The Hall–Kier alpha value is -3.14. The molecular weight excluding hydrogens is 338 g/mol. The van der Waals surface area contributed by atoms with Gasteiger partial charge in [0.1, 0.15) is 0 Å². The molecule has 0 fully saturated rings. The summed E-state index contributed by atoms with van der Waals surface area (Å²) in [5.74, 6) is -0.967. The summed E-state index contributed by atoms with van der Waals surface area (Å²) in [6.07, 6.45) is 0. The smallest absolute Gasteiger partial charge is 0.335 e. The summed E-state index contributed by atoms with van der Waals surface area (Å²) in [6.45, 7) is 6.97. The molecule has 0 radical (unpaired) electrons. The van der Waals surface area contributed by atoms with Crippen molar-refractivity contribution in [3.05, 3.63) is 93.8 Å². The number of aromatic nitrogens is 1. The molecule has 2 aromatic carbocycles. The minimum absolute atomic E-state index is 0.0825. The normalized spacial score (nSPS) is 11.4. The molecule has 0 amide bonds. The Morgan fingerprint density at radius 1 is 0.926 bits per heavy atom. The number of nitrogens with zero attached hydrogens (tertiary/aromatic N) is 1. The topological polar surface area (TPSA) is 59.3 Å². The molecule has 1 N–H and O–H groups in total. The van der Waals surface area contributed by atoms with E-state index in [-0.39, 0.29) is 16.5 Å². The summed E-state index contributed by atoms with van der Waals surface area (Å²) in [5.41, 5.74) is 4.08. The molecule has 0 aliphatic rings. The van der Waals surface area contributed by atoms with Crippen LogP contribution in [0.2, 0.25) is 0 Å². The molecule has 27 heavy (non-hydrogen) atoms. The molecule has 0 aliphatic carbocycles. The van der Waals surface area contributed by atoms with E-state index >= 15 is 0 Å². The second-order valence-electron chi connectivity index (χ2n) is 7.66. The highest BCUT2D eigenvalue weighted by atomic mass is 16.4. The average molecular weight is 361 g/mol. The van der Waals surface area contributed by atoms with Crippen LogP contribution in [0, 0.1) is 0 Å². The highest BCUT2D eigenvalue weighted by Crippen LogP contribution is 2.23. The number of carboxylic acid groups (broad SMARTS) is 1. The molecule has 0 aliphatic heterocycles. The fraction of sp³-hybridized carbons (Fsp3) is 0.217. The van der Waals surface area contributed by atoms with Crippen LogP contribution in [-0.2, 0) is 12.0 Å². The van der Waals surface area contributed by atoms with E-state index in [1.54, 1.807) is 41.0 Å². The van der Waals surface area contributed by atoms with Gasteiger partial charge in [0, 0.05) is 6.07 Å². The molecule has 0 unspecified atom stereocenters. The monoisotopic (exact) mass is 361 g/mol. The Balaban J connectivity index is 1.97. The van der Waals surface area contributed by atoms with Crippen molar-refractivity contribution in [2.45, 2.75) is 32.7 Å². The van der Waals surface area contributed by atoms with Gasteiger partial charge in [-0.05, 0) is 40.3 Å². The predicted molar refractivity (Wildman–Crippen MR) is 107 cm³/mol. The number of pyridine rings is 1. The Bertz CT molecular complexity index is 1010. The number of aromatic carboxylic acids is 1. The molecule has 1 aromatic heterocycles. The Labute approximate surface area is 158 Å². The molecule has 1 heterocycles. The second kappa shape index (κ2) is 7.23. The molecule has 4 nitrogen and oxygen atoms in total. The van der Waals surface area contributed by atoms with E-state index in [2.05, 4.69) is 45.0 Å². The van der Waals surface area contributed by atoms with E-state index in [4.69, 9.17) is 5.11 Å². The summed E-state index contributed by atoms with van der Waals surface area (Å²) in [7, 11) is 0. The Morgan fingerprint density at radius 3 is 2.11 bits per heavy atom. The molecule has 0 atom stereocenters. The van der Waals surface area contributed by atoms with Crippen molar-refractivity contribution in [2.75, 3.05) is 0 Å². The van der Waals surface area contributed by atoms with E-state index in [1.807, 2.05) is 6.07 Å². The maximum absolute atomic E-state index is 12.5. The highest BCUT2D eigenvalue weighted by Gasteiger charge is 2.13. The molecule has 0 bridgehead atoms. The largest absolute Gasteiger partial charge is 0.478 e. The first kappa shape index (κ1) is 18.6. The quantitative estimate of drug-likeness (QED) is 0.741. The van der Waals surface area contributed by atoms with Gasteiger partial charge in [0.15, 0.2) is 0 Å². The summed E-state index contributed by atoms with van der Waals surface area (Å²) in [5, 5.41) is 9.06. The van der Waals surface area contributed by atoms with Crippen LogP contribution in [0.1, 0.15) is 42.3 Å². The van der Waals surface area contributed by atoms with Gasteiger partial charge in [-0.25, -0.2) is 4.79 Å². The number of carbonyl (C=O) groups is 1. The predicted octanol–water partition coefficient (Wildman–Crippen LogP) is 4.56. The van der Waals surface area contributed by atoms with Crippen LogP contribution in [0.4, 0.5) is 0 Å². The summed E-state index contributed by atoms with van der Waals surface area (Å²) >= 11 is 0. The Kier molecular flexibility index (Phi) is 5.00. The molecule has 4 heteroatoms. The van der Waals surface area contributed by atoms with Crippen LogP contribution in [0.5, 0.6) is 0 Å². The third kappa shape index (κ3) is 4.17. The van der Waals surface area contributed by atoms with Crippen LogP contribution in [0.25, 0.3) is 11.3 Å². The van der Waals surface area contributed by atoms with E-state index in [1.165, 1.54) is 5.56 Å². The van der Waals surface area contributed by atoms with E-state index in [0.29, 0.717) is 6.54 Å². The zero-order chi connectivity index (χ0) is 19.6. The minimum atomic E-state index is -0.967. The average Bonchev–Trinajstić information content (AvgIpc) is 2.63. The molecule has 0 saturated carbocycles. The SMILES string of the molecule is CC(C)(C)c1ccc(Cn2c(-c3ccc(C(=O)O)cc3)cccc2=O)cc1. The maximum atomic E-state index is 12.5. The fourth-order valence-electron chi connectivity index (χ4n) is 3.01. The van der Waals surface area contributed by atoms with Crippen LogP contribution in [0.15, 0.2) is 71.5 Å². The lowest BCUT2D eigenvalue weighted by atomic mass is 9.87. The number of carboxylic acids is 1. The molecule has 0 spiro atoms. The molecular formula is C23H23NO3. The number of hydrogen-bond acceptors (Lipinski definition) is 2. The standard InChI is InChI=1S/C23H23NO3/c1-23(2,3)19-13-7-16(8-14-19)15-24-20(5-4-6-21(24)25)17-9-11-18(12-10-17)22(26)27/h4-14H,15H2,1-3H3,(H,26,27). The van der Waals surface area contributed by atoms with Gasteiger partial charge in [0.2, 0.25) is 0 Å². The van der Waals surface area contributed by atoms with Crippen LogP contribution >= 0.6 is 0 Å². The van der Waals surface area contributed by atoms with Crippen LogP contribution < -0.4 is 5.56 Å². The van der Waals surface area contributed by atoms with Gasteiger partial charge in [-0.15, -0.1) is 0 Å². The minimum Gasteiger partial charge on any atom is -0.478 e. The van der Waals surface area contributed by atoms with Gasteiger partial charge < -0.3 is 9.67 Å². The van der Waals surface area contributed by atoms with Crippen LogP contribution in [-0.4, -0.2) is 15.6 Å². The second-order valence-corrected chi connectivity index (χ2v) is 7.66. The number of hydrogen-bond donors (Lipinski definition) is 1. The van der Waals surface area contributed by atoms with Gasteiger partial charge in [-0.2, -0.15) is 0 Å². The molecule has 3 rings (SSSR count). The van der Waals surface area contributed by atoms with E-state index < -0.39 is 5.97 Å². The zero-order valence-corrected chi connectivity index (χ0v) is 15.8. The van der Waals surface area contributed by atoms with Crippen molar-refractivity contribution in [1.29, 1.82) is 0 Å². The van der Waals surface area contributed by atoms with Crippen molar-refractivity contribution in [3.8, 4) is 11.3 Å². The molecule has 138 valence electrons. The highest BCUT2D eigenvalue weighted by molar-refractivity contribution is 5.88. The van der Waals surface area contributed by atoms with Gasteiger partial charge >= 0.3 is 5.97 Å². The third-order valence-corrected chi connectivity index (χ3v) is 4.64. The maximum Gasteiger partial charge on any atom is 0.335 e. The number of rotatable bonds is 4. The van der Waals surface area contributed by atoms with Crippen molar-refractivity contribution in [1.82, 2.24) is 4.57 Å². The van der Waals surface area contributed by atoms with E-state index in [0.717, 1.165) is 16.8 Å². The molecule has 3 aromatic rings. The zero-order valence-electron chi connectivity index (χ0n) is 15.8. The van der Waals surface area contributed by atoms with Crippen molar-refractivity contribution >= 4 is 5.97 Å². The lowest BCUT2D eigenvalue weighted by Gasteiger charge is -2.19. The van der Waals surface area contributed by atoms with E-state index in [9.17, 15) is 9.59 Å². The van der Waals surface area contributed by atoms with Gasteiger partial charge in [-0.1, -0.05) is 63.2 Å². The molecule has 0 saturated heterocycles. The van der Waals surface area contributed by atoms with Crippen molar-refractivity contribution in [3.63, 3.8) is 0 Å². The lowest BCUT2D eigenvalue weighted by Crippen LogP contribution is -2.21. The first-order valence-electron chi connectivity index (χ1n) is 8.89. The summed E-state index contributed by atoms with van der Waals surface area (Å²) in [4.78, 5) is 23.5. The van der Waals surface area contributed by atoms with Gasteiger partial charge in [-0.3, -0.25) is 4.79 Å². The van der Waals surface area contributed by atoms with Gasteiger partial charge in [0.25, 0.3) is 5.56 Å². The Morgan fingerprint density at radius 2 is 1.56 bits per heavy atom. The van der Waals surface area contributed by atoms with Crippen LogP contribution in [0.3, 0.4) is 0 Å². The summed E-state index contributed by atoms with van der Waals surface area (Å²) in [6, 6.07) is 20.0. The van der Waals surface area contributed by atoms with Crippen molar-refractivity contribution in [2.24, 2.45) is 0 Å². The first-order chi connectivity index (χ1) is 12.8. The first-order valence-corrected chi connectivity index (χ1v) is 8.89. The van der Waals surface area contributed by atoms with Gasteiger partial charge in [0.05, 0.1) is 17.8 Å². The lowest BCUT2D eigenvalue weighted by molar-refractivity contribution is 0.0697.